The average Bonchev–Trinajstić information content (AvgIpc) is 3.26. The molecule has 1 aliphatic carbocycles. The number of rotatable bonds is 7. The fourth-order valence-corrected chi connectivity index (χ4v) is 3.51. The summed E-state index contributed by atoms with van der Waals surface area (Å²) in [5, 5.41) is 15.5. The zero-order chi connectivity index (χ0) is 17.0. The SMILES string of the molecule is C#CCCC1(CCNC(=O)c2cc(C3CCCCC3)n(C)n2)N=N1. The van der Waals surface area contributed by atoms with Crippen LogP contribution in [0.1, 0.15) is 73.5 Å². The summed E-state index contributed by atoms with van der Waals surface area (Å²) in [6, 6.07) is 1.95. The summed E-state index contributed by atoms with van der Waals surface area (Å²) in [7, 11) is 1.93. The number of carbonyl (C=O) groups excluding carboxylic acids is 1. The van der Waals surface area contributed by atoms with Crippen LogP contribution in [-0.4, -0.2) is 27.9 Å². The first-order chi connectivity index (χ1) is 11.6. The van der Waals surface area contributed by atoms with Gasteiger partial charge in [-0.3, -0.25) is 9.48 Å². The molecule has 0 atom stereocenters. The van der Waals surface area contributed by atoms with Gasteiger partial charge >= 0.3 is 0 Å². The van der Waals surface area contributed by atoms with Crippen LogP contribution < -0.4 is 5.32 Å². The quantitative estimate of drug-likeness (QED) is 0.781. The summed E-state index contributed by atoms with van der Waals surface area (Å²) in [6.45, 7) is 0.533. The Balaban J connectivity index is 1.51. The standard InChI is InChI=1S/C18H25N5O/c1-3-4-10-18(21-22-18)11-12-19-17(24)15-13-16(23(2)20-15)14-8-6-5-7-9-14/h1,13-14H,4-12H2,2H3,(H,19,24). The lowest BCUT2D eigenvalue weighted by Crippen LogP contribution is -2.28. The molecule has 1 saturated carbocycles. The van der Waals surface area contributed by atoms with Crippen molar-refractivity contribution in [2.24, 2.45) is 17.3 Å². The number of hydrogen-bond donors (Lipinski definition) is 1. The Morgan fingerprint density at radius 2 is 2.12 bits per heavy atom. The van der Waals surface area contributed by atoms with Gasteiger partial charge in [0, 0.05) is 44.5 Å². The van der Waals surface area contributed by atoms with Crippen LogP contribution in [0.3, 0.4) is 0 Å². The number of hydrogen-bond acceptors (Lipinski definition) is 4. The van der Waals surface area contributed by atoms with E-state index in [-0.39, 0.29) is 11.6 Å². The van der Waals surface area contributed by atoms with Crippen molar-refractivity contribution in [2.75, 3.05) is 6.54 Å². The fraction of sp³-hybridized carbons (Fsp3) is 0.667. The van der Waals surface area contributed by atoms with E-state index < -0.39 is 0 Å². The second-order valence-electron chi connectivity index (χ2n) is 6.81. The maximum absolute atomic E-state index is 12.3. The molecule has 2 aliphatic rings. The molecule has 0 spiro atoms. The first-order valence-electron chi connectivity index (χ1n) is 8.83. The van der Waals surface area contributed by atoms with Gasteiger partial charge in [0.1, 0.15) is 5.69 Å². The fourth-order valence-electron chi connectivity index (χ4n) is 3.51. The molecule has 1 aromatic heterocycles. The number of amides is 1. The summed E-state index contributed by atoms with van der Waals surface area (Å²) in [5.74, 6) is 3.02. The maximum atomic E-state index is 12.3. The van der Waals surface area contributed by atoms with Crippen LogP contribution in [0.2, 0.25) is 0 Å². The van der Waals surface area contributed by atoms with Crippen LogP contribution in [0.15, 0.2) is 16.3 Å². The van der Waals surface area contributed by atoms with E-state index in [1.165, 1.54) is 37.8 Å². The van der Waals surface area contributed by atoms with Crippen molar-refractivity contribution in [1.29, 1.82) is 0 Å². The number of terminal acetylenes is 1. The maximum Gasteiger partial charge on any atom is 0.271 e. The van der Waals surface area contributed by atoms with E-state index in [4.69, 9.17) is 6.42 Å². The average molecular weight is 327 g/mol. The predicted molar refractivity (Wildman–Crippen MR) is 91.6 cm³/mol. The van der Waals surface area contributed by atoms with Gasteiger partial charge in [0.2, 0.25) is 0 Å². The van der Waals surface area contributed by atoms with Crippen LogP contribution in [0.4, 0.5) is 0 Å². The predicted octanol–water partition coefficient (Wildman–Crippen LogP) is 3.16. The van der Waals surface area contributed by atoms with Gasteiger partial charge in [-0.25, -0.2) is 0 Å². The molecule has 6 heteroatoms. The highest BCUT2D eigenvalue weighted by molar-refractivity contribution is 5.92. The van der Waals surface area contributed by atoms with E-state index in [1.807, 2.05) is 17.8 Å². The molecule has 2 heterocycles. The van der Waals surface area contributed by atoms with Crippen LogP contribution >= 0.6 is 0 Å². The molecule has 0 bridgehead atoms. The molecule has 0 aromatic carbocycles. The molecule has 1 aliphatic heterocycles. The molecule has 6 nitrogen and oxygen atoms in total. The third-order valence-electron chi connectivity index (χ3n) is 5.04. The van der Waals surface area contributed by atoms with Gasteiger partial charge < -0.3 is 5.32 Å². The Hall–Kier alpha value is -2.16. The molecule has 0 saturated heterocycles. The zero-order valence-corrected chi connectivity index (χ0v) is 14.3. The Kier molecular flexibility index (Phi) is 4.98. The minimum Gasteiger partial charge on any atom is -0.350 e. The first-order valence-corrected chi connectivity index (χ1v) is 8.83. The highest BCUT2D eigenvalue weighted by atomic mass is 16.1. The van der Waals surface area contributed by atoms with Crippen molar-refractivity contribution in [3.63, 3.8) is 0 Å². The Bertz CT molecular complexity index is 657. The lowest BCUT2D eigenvalue weighted by atomic mass is 9.87. The minimum absolute atomic E-state index is 0.125. The van der Waals surface area contributed by atoms with Crippen LogP contribution in [-0.2, 0) is 7.05 Å². The van der Waals surface area contributed by atoms with Crippen LogP contribution in [0.25, 0.3) is 0 Å². The first kappa shape index (κ1) is 16.7. The molecular weight excluding hydrogens is 302 g/mol. The Labute approximate surface area is 143 Å². The largest absolute Gasteiger partial charge is 0.350 e. The number of nitrogens with one attached hydrogen (secondary N) is 1. The molecule has 0 unspecified atom stereocenters. The highest BCUT2D eigenvalue weighted by Crippen LogP contribution is 2.36. The minimum atomic E-state index is -0.350. The van der Waals surface area contributed by atoms with Gasteiger partial charge in [-0.2, -0.15) is 15.3 Å². The molecule has 1 amide bonds. The van der Waals surface area contributed by atoms with E-state index in [0.29, 0.717) is 31.0 Å². The van der Waals surface area contributed by atoms with Gasteiger partial charge in [0.25, 0.3) is 5.91 Å². The second kappa shape index (κ2) is 7.16. The monoisotopic (exact) mass is 327 g/mol. The topological polar surface area (TPSA) is 71.6 Å². The van der Waals surface area contributed by atoms with Crippen LogP contribution in [0, 0.1) is 12.3 Å². The molecule has 128 valence electrons. The van der Waals surface area contributed by atoms with Gasteiger partial charge in [-0.1, -0.05) is 19.3 Å². The molecule has 24 heavy (non-hydrogen) atoms. The molecule has 1 aromatic rings. The lowest BCUT2D eigenvalue weighted by Gasteiger charge is -2.21. The lowest BCUT2D eigenvalue weighted by molar-refractivity contribution is 0.0946. The van der Waals surface area contributed by atoms with Gasteiger partial charge in [0.15, 0.2) is 5.66 Å². The molecule has 1 N–H and O–H groups in total. The summed E-state index contributed by atoms with van der Waals surface area (Å²) in [6.07, 6.45) is 13.6. The normalized spacial score (nSPS) is 19.0. The van der Waals surface area contributed by atoms with Crippen molar-refractivity contribution >= 4 is 5.91 Å². The second-order valence-corrected chi connectivity index (χ2v) is 6.81. The molecule has 1 fully saturated rings. The zero-order valence-electron chi connectivity index (χ0n) is 14.3. The van der Waals surface area contributed by atoms with Crippen molar-refractivity contribution < 1.29 is 4.79 Å². The third kappa shape index (κ3) is 3.84. The van der Waals surface area contributed by atoms with E-state index in [2.05, 4.69) is 26.6 Å². The molecular formula is C18H25N5O. The van der Waals surface area contributed by atoms with Crippen molar-refractivity contribution in [3.05, 3.63) is 17.5 Å². The summed E-state index contributed by atoms with van der Waals surface area (Å²) < 4.78 is 1.87. The van der Waals surface area contributed by atoms with Crippen molar-refractivity contribution in [1.82, 2.24) is 15.1 Å². The summed E-state index contributed by atoms with van der Waals surface area (Å²) >= 11 is 0. The van der Waals surface area contributed by atoms with Gasteiger partial charge in [-0.05, 0) is 18.9 Å². The highest BCUT2D eigenvalue weighted by Gasteiger charge is 2.38. The number of nitrogens with zero attached hydrogens (tertiary/aromatic N) is 4. The van der Waals surface area contributed by atoms with E-state index in [0.717, 1.165) is 6.42 Å². The molecule has 3 rings (SSSR count). The number of aromatic nitrogens is 2. The van der Waals surface area contributed by atoms with Crippen molar-refractivity contribution in [3.8, 4) is 12.3 Å². The summed E-state index contributed by atoms with van der Waals surface area (Å²) in [5.41, 5.74) is 1.33. The van der Waals surface area contributed by atoms with E-state index in [9.17, 15) is 4.79 Å². The number of carbonyl (C=O) groups is 1. The number of aryl methyl sites for hydroxylation is 1. The van der Waals surface area contributed by atoms with E-state index in [1.54, 1.807) is 0 Å². The van der Waals surface area contributed by atoms with Crippen molar-refractivity contribution in [2.45, 2.75) is 62.9 Å². The van der Waals surface area contributed by atoms with Crippen LogP contribution in [0.5, 0.6) is 0 Å². The Morgan fingerprint density at radius 3 is 2.79 bits per heavy atom. The van der Waals surface area contributed by atoms with Gasteiger partial charge in [-0.15, -0.1) is 12.3 Å². The third-order valence-corrected chi connectivity index (χ3v) is 5.04. The Morgan fingerprint density at radius 1 is 1.38 bits per heavy atom. The van der Waals surface area contributed by atoms with E-state index >= 15 is 0 Å². The van der Waals surface area contributed by atoms with Gasteiger partial charge in [0.05, 0.1) is 0 Å². The smallest absolute Gasteiger partial charge is 0.271 e. The molecule has 0 radical (unpaired) electrons. The summed E-state index contributed by atoms with van der Waals surface area (Å²) in [4.78, 5) is 12.3.